The maximum atomic E-state index is 13.0. The van der Waals surface area contributed by atoms with Crippen LogP contribution in [0.2, 0.25) is 0 Å². The van der Waals surface area contributed by atoms with E-state index in [1.807, 2.05) is 20.8 Å². The summed E-state index contributed by atoms with van der Waals surface area (Å²) in [4.78, 5) is 25.0. The van der Waals surface area contributed by atoms with E-state index in [2.05, 4.69) is 35.7 Å². The Bertz CT molecular complexity index is 942. The van der Waals surface area contributed by atoms with Gasteiger partial charge >= 0.3 is 11.9 Å². The summed E-state index contributed by atoms with van der Waals surface area (Å²) in [7, 11) is 2.20. The second-order valence-electron chi connectivity index (χ2n) is 12.6. The van der Waals surface area contributed by atoms with Crippen molar-refractivity contribution < 1.29 is 28.3 Å². The monoisotopic (exact) mass is 594 g/mol. The smallest absolute Gasteiger partial charge is 0.310 e. The first-order valence-electron chi connectivity index (χ1n) is 16.0. The quantitative estimate of drug-likeness (QED) is 0.0862. The number of carbonyl (C=O) groups is 2. The van der Waals surface area contributed by atoms with Crippen LogP contribution in [0.15, 0.2) is 6.08 Å². The summed E-state index contributed by atoms with van der Waals surface area (Å²) in [6.07, 6.45) is 16.0. The molecule has 2 heterocycles. The van der Waals surface area contributed by atoms with Crippen LogP contribution in [-0.4, -0.2) is 63.7 Å². The highest BCUT2D eigenvalue weighted by molar-refractivity contribution is 6.99. The summed E-state index contributed by atoms with van der Waals surface area (Å²) in [6, 6.07) is 0. The summed E-state index contributed by atoms with van der Waals surface area (Å²) >= 11 is 1.19. The number of quaternary nitrogens is 1. The van der Waals surface area contributed by atoms with Gasteiger partial charge in [0.15, 0.2) is 0 Å². The zero-order chi connectivity index (χ0) is 30.1. The minimum Gasteiger partial charge on any atom is -0.475 e. The Morgan fingerprint density at radius 2 is 1.59 bits per heavy atom. The van der Waals surface area contributed by atoms with Crippen LogP contribution in [0.4, 0.5) is 0 Å². The average molecular weight is 595 g/mol. The fourth-order valence-electron chi connectivity index (χ4n) is 5.22. The van der Waals surface area contributed by atoms with E-state index in [4.69, 9.17) is 14.2 Å². The Labute approximate surface area is 253 Å². The first-order valence-corrected chi connectivity index (χ1v) is 16.7. The van der Waals surface area contributed by atoms with Crippen molar-refractivity contribution in [2.45, 2.75) is 143 Å². The van der Waals surface area contributed by atoms with Crippen LogP contribution in [0.5, 0.6) is 5.88 Å². The Morgan fingerprint density at radius 1 is 0.927 bits per heavy atom. The molecule has 2 rings (SSSR count). The molecule has 0 bridgehead atoms. The molecule has 0 spiro atoms. The van der Waals surface area contributed by atoms with Crippen molar-refractivity contribution in [3.63, 3.8) is 0 Å². The number of rotatable bonds is 20. The molecule has 2 unspecified atom stereocenters. The molecule has 0 N–H and O–H groups in total. The first-order chi connectivity index (χ1) is 19.6. The van der Waals surface area contributed by atoms with Crippen molar-refractivity contribution >= 4 is 29.2 Å². The van der Waals surface area contributed by atoms with E-state index in [0.29, 0.717) is 42.7 Å². The highest BCUT2D eigenvalue weighted by atomic mass is 32.1. The third kappa shape index (κ3) is 13.7. The van der Waals surface area contributed by atoms with Crippen LogP contribution in [0.3, 0.4) is 0 Å². The molecule has 0 amide bonds. The molecule has 1 aliphatic rings. The molecule has 0 aromatic carbocycles. The lowest BCUT2D eigenvalue weighted by Crippen LogP contribution is -2.56. The van der Waals surface area contributed by atoms with Gasteiger partial charge in [-0.25, -0.2) is 0 Å². The van der Waals surface area contributed by atoms with Gasteiger partial charge in [-0.2, -0.15) is 4.37 Å². The van der Waals surface area contributed by atoms with Crippen LogP contribution in [0, 0.1) is 0 Å². The predicted molar refractivity (Wildman–Crippen MR) is 166 cm³/mol. The van der Waals surface area contributed by atoms with Gasteiger partial charge in [0.1, 0.15) is 17.8 Å². The van der Waals surface area contributed by atoms with Gasteiger partial charge < -0.3 is 14.2 Å². The first kappa shape index (κ1) is 35.2. The number of hydrogen-bond acceptors (Lipinski definition) is 8. The minimum atomic E-state index is -0.489. The molecule has 9 heteroatoms. The average Bonchev–Trinajstić information content (AvgIpc) is 3.38. The van der Waals surface area contributed by atoms with Crippen molar-refractivity contribution in [2.24, 2.45) is 0 Å². The number of hydrogen-bond donors (Lipinski definition) is 0. The number of esters is 2. The van der Waals surface area contributed by atoms with Crippen LogP contribution < -0.4 is 4.74 Å². The SMILES string of the molecule is CCCCCCCC(OC(=O)CCCCC(=O)OC(C)(C)C)[N+]1(C)CCC=C(c2nsnc2OCCCCCC)C1. The highest BCUT2D eigenvalue weighted by Crippen LogP contribution is 2.33. The largest absolute Gasteiger partial charge is 0.475 e. The van der Waals surface area contributed by atoms with Gasteiger partial charge in [0.05, 0.1) is 31.9 Å². The van der Waals surface area contributed by atoms with Crippen molar-refractivity contribution in [1.82, 2.24) is 8.75 Å². The molecule has 0 aliphatic carbocycles. The molecule has 234 valence electrons. The summed E-state index contributed by atoms with van der Waals surface area (Å²) in [6.45, 7) is 12.3. The van der Waals surface area contributed by atoms with Crippen LogP contribution in [0.1, 0.15) is 137 Å². The predicted octanol–water partition coefficient (Wildman–Crippen LogP) is 7.86. The third-order valence-corrected chi connectivity index (χ3v) is 8.02. The van der Waals surface area contributed by atoms with Gasteiger partial charge in [0.2, 0.25) is 6.23 Å². The number of aromatic nitrogens is 2. The number of nitrogens with zero attached hydrogens (tertiary/aromatic N) is 3. The number of unbranched alkanes of at least 4 members (excludes halogenated alkanes) is 8. The fraction of sp³-hybridized carbons (Fsp3) is 0.812. The molecule has 1 aliphatic heterocycles. The zero-order valence-electron chi connectivity index (χ0n) is 26.7. The minimum absolute atomic E-state index is 0.186. The Hall–Kier alpha value is -2.00. The summed E-state index contributed by atoms with van der Waals surface area (Å²) in [5, 5.41) is 0. The van der Waals surface area contributed by atoms with E-state index in [-0.39, 0.29) is 18.2 Å². The number of ether oxygens (including phenoxy) is 3. The molecule has 2 atom stereocenters. The topological polar surface area (TPSA) is 87.6 Å². The maximum Gasteiger partial charge on any atom is 0.310 e. The van der Waals surface area contributed by atoms with Crippen molar-refractivity contribution in [3.05, 3.63) is 11.8 Å². The van der Waals surface area contributed by atoms with E-state index in [9.17, 15) is 9.59 Å². The third-order valence-electron chi connectivity index (χ3n) is 7.51. The van der Waals surface area contributed by atoms with Gasteiger partial charge in [-0.1, -0.05) is 64.9 Å². The van der Waals surface area contributed by atoms with Gasteiger partial charge in [-0.3, -0.25) is 14.1 Å². The van der Waals surface area contributed by atoms with Gasteiger partial charge in [0.25, 0.3) is 5.88 Å². The molecule has 0 fully saturated rings. The second-order valence-corrected chi connectivity index (χ2v) is 13.2. The Balaban J connectivity index is 1.99. The molecule has 1 aromatic rings. The number of carbonyl (C=O) groups excluding carboxylic acids is 2. The van der Waals surface area contributed by atoms with E-state index in [1.165, 1.54) is 43.8 Å². The molecular weight excluding hydrogens is 538 g/mol. The van der Waals surface area contributed by atoms with Crippen molar-refractivity contribution in [1.29, 1.82) is 0 Å². The van der Waals surface area contributed by atoms with Gasteiger partial charge in [-0.05, 0) is 46.5 Å². The van der Waals surface area contributed by atoms with E-state index < -0.39 is 5.60 Å². The molecule has 0 saturated carbocycles. The fourth-order valence-corrected chi connectivity index (χ4v) is 5.75. The summed E-state index contributed by atoms with van der Waals surface area (Å²) in [5.41, 5.74) is 1.47. The van der Waals surface area contributed by atoms with E-state index >= 15 is 0 Å². The lowest BCUT2D eigenvalue weighted by molar-refractivity contribution is -0.947. The van der Waals surface area contributed by atoms with Crippen LogP contribution >= 0.6 is 11.7 Å². The maximum absolute atomic E-state index is 13.0. The van der Waals surface area contributed by atoms with E-state index in [0.717, 1.165) is 62.9 Å². The van der Waals surface area contributed by atoms with Crippen molar-refractivity contribution in [3.8, 4) is 5.88 Å². The number of likely N-dealkylation sites (N-methyl/N-ethyl adjacent to an activating group) is 1. The normalized spacial score (nSPS) is 18.0. The zero-order valence-corrected chi connectivity index (χ0v) is 27.5. The molecule has 0 radical (unpaired) electrons. The lowest BCUT2D eigenvalue weighted by Gasteiger charge is -2.42. The standard InChI is InChI=1S/C32H56N3O5S/c1-7-9-11-13-14-20-27(39-28(36)21-15-16-22-29(37)40-32(3,4)5)35(6)23-18-19-26(25-35)30-31(34-41-33-30)38-24-17-12-10-8-2/h19,27H,7-18,20-25H2,1-6H3/q+1. The van der Waals surface area contributed by atoms with Crippen LogP contribution in [-0.2, 0) is 19.1 Å². The molecule has 41 heavy (non-hydrogen) atoms. The molecule has 1 aromatic heterocycles. The lowest BCUT2D eigenvalue weighted by atomic mass is 10.0. The highest BCUT2D eigenvalue weighted by Gasteiger charge is 2.39. The Kier molecular flexibility index (Phi) is 15.9. The van der Waals surface area contributed by atoms with Crippen LogP contribution in [0.25, 0.3) is 5.57 Å². The molecular formula is C32H56N3O5S+. The van der Waals surface area contributed by atoms with Gasteiger partial charge in [-0.15, -0.1) is 4.37 Å². The molecule has 8 nitrogen and oxygen atoms in total. The second kappa shape index (κ2) is 18.5. The van der Waals surface area contributed by atoms with E-state index in [1.54, 1.807) is 0 Å². The van der Waals surface area contributed by atoms with Crippen molar-refractivity contribution in [2.75, 3.05) is 26.7 Å². The Morgan fingerprint density at radius 3 is 2.27 bits per heavy atom. The van der Waals surface area contributed by atoms with Gasteiger partial charge in [0, 0.05) is 31.3 Å². The summed E-state index contributed by atoms with van der Waals surface area (Å²) < 4.78 is 27.3. The summed E-state index contributed by atoms with van der Waals surface area (Å²) in [5.74, 6) is 0.223. The molecule has 0 saturated heterocycles.